The highest BCUT2D eigenvalue weighted by Crippen LogP contribution is 2.43. The number of halogens is 1. The summed E-state index contributed by atoms with van der Waals surface area (Å²) < 4.78 is 5.26. The van der Waals surface area contributed by atoms with Gasteiger partial charge in [0.1, 0.15) is 0 Å². The molecule has 3 rings (SSSR count). The van der Waals surface area contributed by atoms with E-state index >= 15 is 0 Å². The lowest BCUT2D eigenvalue weighted by Gasteiger charge is -2.42. The second kappa shape index (κ2) is 13.0. The van der Waals surface area contributed by atoms with Gasteiger partial charge in [0, 0.05) is 78.8 Å². The minimum Gasteiger partial charge on any atom is -0.385 e. The number of hydrogen-bond acceptors (Lipinski definition) is 6. The maximum atomic E-state index is 12.6. The summed E-state index contributed by atoms with van der Waals surface area (Å²) in [6.45, 7) is 5.19. The van der Waals surface area contributed by atoms with Gasteiger partial charge in [-0.15, -0.1) is 24.0 Å². The molecule has 1 saturated heterocycles. The van der Waals surface area contributed by atoms with Crippen molar-refractivity contribution in [2.24, 2.45) is 10.4 Å². The van der Waals surface area contributed by atoms with Gasteiger partial charge in [-0.25, -0.2) is 9.97 Å². The quantitative estimate of drug-likeness (QED) is 0.276. The zero-order valence-electron chi connectivity index (χ0n) is 18.7. The van der Waals surface area contributed by atoms with E-state index in [1.165, 1.54) is 19.3 Å². The minimum atomic E-state index is 0. The maximum Gasteiger partial charge on any atom is 0.225 e. The third-order valence-electron chi connectivity index (χ3n) is 6.20. The minimum absolute atomic E-state index is 0. The number of carbonyl (C=O) groups excluding carboxylic acids is 1. The highest BCUT2D eigenvalue weighted by atomic mass is 127. The third kappa shape index (κ3) is 7.44. The molecule has 1 saturated carbocycles. The van der Waals surface area contributed by atoms with Gasteiger partial charge in [0.2, 0.25) is 11.9 Å². The first kappa shape index (κ1) is 25.6. The van der Waals surface area contributed by atoms with Gasteiger partial charge in [0.15, 0.2) is 5.96 Å². The van der Waals surface area contributed by atoms with Crippen molar-refractivity contribution in [3.63, 3.8) is 0 Å². The summed E-state index contributed by atoms with van der Waals surface area (Å²) in [5.41, 5.74) is 0.325. The summed E-state index contributed by atoms with van der Waals surface area (Å²) in [6, 6.07) is 1.81. The SMILES string of the molecule is CN=C(NCCC(=O)N1CCN(c2ncccn2)CC1)NCC1(CCOC)CCC1.I. The van der Waals surface area contributed by atoms with Gasteiger partial charge >= 0.3 is 0 Å². The van der Waals surface area contributed by atoms with E-state index in [2.05, 4.69) is 30.5 Å². The number of aliphatic imine (C=N–C) groups is 1. The Morgan fingerprint density at radius 2 is 1.90 bits per heavy atom. The van der Waals surface area contributed by atoms with E-state index in [-0.39, 0.29) is 29.9 Å². The molecule has 2 N–H and O–H groups in total. The molecule has 9 nitrogen and oxygen atoms in total. The lowest BCUT2D eigenvalue weighted by Crippen LogP contribution is -2.50. The zero-order valence-corrected chi connectivity index (χ0v) is 21.0. The molecule has 0 atom stereocenters. The number of guanidine groups is 1. The highest BCUT2D eigenvalue weighted by Gasteiger charge is 2.36. The molecule has 31 heavy (non-hydrogen) atoms. The van der Waals surface area contributed by atoms with Gasteiger partial charge in [-0.05, 0) is 30.7 Å². The zero-order chi connectivity index (χ0) is 21.2. The van der Waals surface area contributed by atoms with E-state index in [1.807, 2.05) is 11.0 Å². The smallest absolute Gasteiger partial charge is 0.225 e. The lowest BCUT2D eigenvalue weighted by atomic mass is 9.67. The Morgan fingerprint density at radius 1 is 1.19 bits per heavy atom. The average molecular weight is 545 g/mol. The van der Waals surface area contributed by atoms with E-state index in [9.17, 15) is 4.79 Å². The van der Waals surface area contributed by atoms with Gasteiger partial charge in [-0.1, -0.05) is 6.42 Å². The molecule has 0 radical (unpaired) electrons. The van der Waals surface area contributed by atoms with E-state index in [4.69, 9.17) is 4.74 Å². The van der Waals surface area contributed by atoms with Crippen molar-refractivity contribution >= 4 is 41.8 Å². The second-order valence-corrected chi connectivity index (χ2v) is 8.12. The molecular formula is C21H36IN7O2. The fraction of sp³-hybridized carbons (Fsp3) is 0.714. The number of rotatable bonds is 9. The average Bonchev–Trinajstić information content (AvgIpc) is 2.77. The Hall–Kier alpha value is -1.69. The Kier molecular flexibility index (Phi) is 10.7. The van der Waals surface area contributed by atoms with Crippen LogP contribution in [0.25, 0.3) is 0 Å². The molecule has 2 fully saturated rings. The number of nitrogens with zero attached hydrogens (tertiary/aromatic N) is 5. The number of aromatic nitrogens is 2. The first-order valence-corrected chi connectivity index (χ1v) is 10.9. The van der Waals surface area contributed by atoms with E-state index in [1.54, 1.807) is 26.6 Å². The lowest BCUT2D eigenvalue weighted by molar-refractivity contribution is -0.131. The number of methoxy groups -OCH3 is 1. The van der Waals surface area contributed by atoms with Crippen LogP contribution in [0.15, 0.2) is 23.5 Å². The Labute approximate surface area is 202 Å². The van der Waals surface area contributed by atoms with Crippen LogP contribution >= 0.6 is 24.0 Å². The first-order chi connectivity index (χ1) is 14.7. The predicted molar refractivity (Wildman–Crippen MR) is 133 cm³/mol. The van der Waals surface area contributed by atoms with Crippen LogP contribution in [0.4, 0.5) is 5.95 Å². The number of hydrogen-bond donors (Lipinski definition) is 2. The van der Waals surface area contributed by atoms with Gasteiger partial charge in [-0.3, -0.25) is 9.79 Å². The molecule has 10 heteroatoms. The molecule has 2 aliphatic rings. The molecule has 2 heterocycles. The molecule has 0 spiro atoms. The topological polar surface area (TPSA) is 95.0 Å². The molecule has 1 amide bonds. The van der Waals surface area contributed by atoms with Gasteiger partial charge < -0.3 is 25.2 Å². The molecule has 174 valence electrons. The van der Waals surface area contributed by atoms with Crippen LogP contribution in [-0.2, 0) is 9.53 Å². The Morgan fingerprint density at radius 3 is 2.48 bits per heavy atom. The van der Waals surface area contributed by atoms with E-state index < -0.39 is 0 Å². The molecule has 0 aromatic carbocycles. The number of piperazine rings is 1. The fourth-order valence-electron chi connectivity index (χ4n) is 4.06. The third-order valence-corrected chi connectivity index (χ3v) is 6.20. The van der Waals surface area contributed by atoms with E-state index in [0.29, 0.717) is 31.5 Å². The van der Waals surface area contributed by atoms with Crippen LogP contribution in [0, 0.1) is 5.41 Å². The van der Waals surface area contributed by atoms with Crippen molar-refractivity contribution in [3.05, 3.63) is 18.5 Å². The molecule has 0 bridgehead atoms. The summed E-state index contributed by atoms with van der Waals surface area (Å²) in [6.07, 6.45) is 8.78. The first-order valence-electron chi connectivity index (χ1n) is 10.9. The van der Waals surface area contributed by atoms with Crippen molar-refractivity contribution in [2.45, 2.75) is 32.1 Å². The molecule has 1 aliphatic carbocycles. The number of nitrogens with one attached hydrogen (secondary N) is 2. The summed E-state index contributed by atoms with van der Waals surface area (Å²) in [5.74, 6) is 1.66. The number of ether oxygens (including phenoxy) is 1. The monoisotopic (exact) mass is 545 g/mol. The van der Waals surface area contributed by atoms with Crippen LogP contribution < -0.4 is 15.5 Å². The Balaban J connectivity index is 0.00000341. The molecule has 1 aromatic rings. The number of amides is 1. The summed E-state index contributed by atoms with van der Waals surface area (Å²) in [4.78, 5) is 29.5. The van der Waals surface area contributed by atoms with Crippen molar-refractivity contribution < 1.29 is 9.53 Å². The normalized spacial score (nSPS) is 18.1. The van der Waals surface area contributed by atoms with E-state index in [0.717, 1.165) is 44.6 Å². The number of anilines is 1. The molecule has 1 aliphatic heterocycles. The molecule has 0 unspecified atom stereocenters. The van der Waals surface area contributed by atoms with Crippen LogP contribution in [-0.4, -0.2) is 86.8 Å². The van der Waals surface area contributed by atoms with Crippen LogP contribution in [0.5, 0.6) is 0 Å². The Bertz CT molecular complexity index is 692. The van der Waals surface area contributed by atoms with Crippen molar-refractivity contribution in [3.8, 4) is 0 Å². The van der Waals surface area contributed by atoms with Crippen molar-refractivity contribution in [2.75, 3.05) is 64.9 Å². The van der Waals surface area contributed by atoms with Gasteiger partial charge in [0.25, 0.3) is 0 Å². The summed E-state index contributed by atoms with van der Waals surface area (Å²) >= 11 is 0. The number of carbonyl (C=O) groups is 1. The van der Waals surface area contributed by atoms with Gasteiger partial charge in [0.05, 0.1) is 0 Å². The van der Waals surface area contributed by atoms with Gasteiger partial charge in [-0.2, -0.15) is 0 Å². The fourth-order valence-corrected chi connectivity index (χ4v) is 4.06. The molecule has 1 aromatic heterocycles. The summed E-state index contributed by atoms with van der Waals surface area (Å²) in [7, 11) is 3.53. The maximum absolute atomic E-state index is 12.6. The van der Waals surface area contributed by atoms with Crippen molar-refractivity contribution in [1.82, 2.24) is 25.5 Å². The van der Waals surface area contributed by atoms with Crippen LogP contribution in [0.1, 0.15) is 32.1 Å². The summed E-state index contributed by atoms with van der Waals surface area (Å²) in [5, 5.41) is 6.72. The predicted octanol–water partition coefficient (Wildman–Crippen LogP) is 1.51. The van der Waals surface area contributed by atoms with Crippen LogP contribution in [0.3, 0.4) is 0 Å². The van der Waals surface area contributed by atoms with Crippen molar-refractivity contribution in [1.29, 1.82) is 0 Å². The largest absolute Gasteiger partial charge is 0.385 e. The second-order valence-electron chi connectivity index (χ2n) is 8.12. The standard InChI is InChI=1S/C21H35N7O2.HI/c1-22-19(26-17-21(6-3-7-21)8-16-30-2)23-11-5-18(29)27-12-14-28(15-13-27)20-24-9-4-10-25-20;/h4,9-10H,3,5-8,11-17H2,1-2H3,(H2,22,23,26);1H. The highest BCUT2D eigenvalue weighted by molar-refractivity contribution is 14.0. The molecular weight excluding hydrogens is 509 g/mol. The van der Waals surface area contributed by atoms with Crippen LogP contribution in [0.2, 0.25) is 0 Å².